The highest BCUT2D eigenvalue weighted by atomic mass is 16.3. The lowest BCUT2D eigenvalue weighted by Gasteiger charge is -2.19. The molecule has 2 N–H and O–H groups in total. The fourth-order valence-corrected chi connectivity index (χ4v) is 1.80. The van der Waals surface area contributed by atoms with Gasteiger partial charge in [-0.25, -0.2) is 9.97 Å². The molecule has 0 aliphatic heterocycles. The Morgan fingerprint density at radius 2 is 1.86 bits per heavy atom. The Morgan fingerprint density at radius 1 is 1.14 bits per heavy atom. The van der Waals surface area contributed by atoms with Crippen molar-refractivity contribution >= 4 is 11.6 Å². The maximum atomic E-state index is 5.07. The van der Waals surface area contributed by atoms with Gasteiger partial charge in [0, 0.05) is 30.1 Å². The van der Waals surface area contributed by atoms with Crippen molar-refractivity contribution in [2.45, 2.75) is 46.1 Å². The Morgan fingerprint density at radius 3 is 2.43 bits per heavy atom. The minimum absolute atomic E-state index is 0.0873. The van der Waals surface area contributed by atoms with Crippen LogP contribution in [0, 0.1) is 0 Å². The van der Waals surface area contributed by atoms with Crippen LogP contribution in [-0.4, -0.2) is 16.5 Å². The summed E-state index contributed by atoms with van der Waals surface area (Å²) in [6.07, 6.45) is 4.47. The standard InChI is InChI=1S/C16H24N4O/c1-5-7-17-13-9-14(18-10-12-6-8-21-11-12)20-15(19-13)16(2,3)4/h6,8-9,11H,5,7,10H2,1-4H3,(H2,17,18,19,20). The average Bonchev–Trinajstić information content (AvgIpc) is 2.95. The zero-order chi connectivity index (χ0) is 15.3. The van der Waals surface area contributed by atoms with E-state index in [9.17, 15) is 0 Å². The van der Waals surface area contributed by atoms with E-state index in [4.69, 9.17) is 4.42 Å². The van der Waals surface area contributed by atoms with Gasteiger partial charge in [-0.3, -0.25) is 0 Å². The van der Waals surface area contributed by atoms with E-state index >= 15 is 0 Å². The molecule has 0 atom stereocenters. The molecule has 21 heavy (non-hydrogen) atoms. The zero-order valence-electron chi connectivity index (χ0n) is 13.2. The van der Waals surface area contributed by atoms with Gasteiger partial charge in [0.15, 0.2) is 0 Å². The Hall–Kier alpha value is -2.04. The van der Waals surface area contributed by atoms with Crippen LogP contribution < -0.4 is 10.6 Å². The molecular weight excluding hydrogens is 264 g/mol. The lowest BCUT2D eigenvalue weighted by atomic mass is 9.96. The Kier molecular flexibility index (Phi) is 4.83. The summed E-state index contributed by atoms with van der Waals surface area (Å²) in [5, 5.41) is 6.66. The van der Waals surface area contributed by atoms with Gasteiger partial charge in [0.1, 0.15) is 17.5 Å². The number of nitrogens with one attached hydrogen (secondary N) is 2. The number of hydrogen-bond donors (Lipinski definition) is 2. The summed E-state index contributed by atoms with van der Waals surface area (Å²) in [6, 6.07) is 3.89. The first kappa shape index (κ1) is 15.4. The van der Waals surface area contributed by atoms with Gasteiger partial charge in [-0.15, -0.1) is 0 Å². The Labute approximate surface area is 126 Å². The van der Waals surface area contributed by atoms with Crippen LogP contribution in [0.4, 0.5) is 11.6 Å². The Balaban J connectivity index is 2.17. The van der Waals surface area contributed by atoms with Crippen molar-refractivity contribution < 1.29 is 4.42 Å². The topological polar surface area (TPSA) is 63.0 Å². The maximum absolute atomic E-state index is 5.07. The molecule has 2 rings (SSSR count). The molecule has 2 aromatic heterocycles. The van der Waals surface area contributed by atoms with Gasteiger partial charge in [-0.2, -0.15) is 0 Å². The fourth-order valence-electron chi connectivity index (χ4n) is 1.80. The third-order valence-corrected chi connectivity index (χ3v) is 3.01. The summed E-state index contributed by atoms with van der Waals surface area (Å²) < 4.78 is 5.07. The third-order valence-electron chi connectivity index (χ3n) is 3.01. The first-order valence-electron chi connectivity index (χ1n) is 7.37. The van der Waals surface area contributed by atoms with Crippen LogP contribution in [0.3, 0.4) is 0 Å². The van der Waals surface area contributed by atoms with Crippen LogP contribution in [0.25, 0.3) is 0 Å². The number of rotatable bonds is 6. The molecule has 0 bridgehead atoms. The first-order valence-corrected chi connectivity index (χ1v) is 7.37. The molecule has 0 aromatic carbocycles. The van der Waals surface area contributed by atoms with E-state index < -0.39 is 0 Å². The van der Waals surface area contributed by atoms with Crippen molar-refractivity contribution in [3.8, 4) is 0 Å². The van der Waals surface area contributed by atoms with Crippen LogP contribution in [-0.2, 0) is 12.0 Å². The summed E-state index contributed by atoms with van der Waals surface area (Å²) in [5.41, 5.74) is 1.00. The third kappa shape index (κ3) is 4.48. The SMILES string of the molecule is CCCNc1cc(NCc2ccoc2)nc(C(C)(C)C)n1. The summed E-state index contributed by atoms with van der Waals surface area (Å²) in [6.45, 7) is 10.1. The molecule has 0 amide bonds. The molecule has 0 spiro atoms. The van der Waals surface area contributed by atoms with Gasteiger partial charge < -0.3 is 15.1 Å². The molecule has 0 aliphatic rings. The molecule has 5 nitrogen and oxygen atoms in total. The van der Waals surface area contributed by atoms with E-state index in [-0.39, 0.29) is 5.41 Å². The lowest BCUT2D eigenvalue weighted by molar-refractivity contribution is 0.546. The van der Waals surface area contributed by atoms with Crippen molar-refractivity contribution in [3.05, 3.63) is 36.0 Å². The van der Waals surface area contributed by atoms with Crippen LogP contribution >= 0.6 is 0 Å². The van der Waals surface area contributed by atoms with E-state index in [2.05, 4.69) is 48.3 Å². The highest BCUT2D eigenvalue weighted by molar-refractivity contribution is 5.48. The van der Waals surface area contributed by atoms with Gasteiger partial charge in [0.25, 0.3) is 0 Å². The smallest absolute Gasteiger partial charge is 0.138 e. The molecule has 0 saturated heterocycles. The summed E-state index contributed by atoms with van der Waals surface area (Å²) in [7, 11) is 0. The molecule has 0 fully saturated rings. The van der Waals surface area contributed by atoms with E-state index in [1.807, 2.05) is 12.1 Å². The number of anilines is 2. The number of furan rings is 1. The van der Waals surface area contributed by atoms with E-state index in [1.54, 1.807) is 12.5 Å². The van der Waals surface area contributed by atoms with Crippen molar-refractivity contribution in [2.24, 2.45) is 0 Å². The normalized spacial score (nSPS) is 11.4. The largest absolute Gasteiger partial charge is 0.472 e. The van der Waals surface area contributed by atoms with Gasteiger partial charge in [0.2, 0.25) is 0 Å². The van der Waals surface area contributed by atoms with Gasteiger partial charge >= 0.3 is 0 Å². The Bertz CT molecular complexity index is 558. The second kappa shape index (κ2) is 6.61. The molecule has 2 aromatic rings. The number of nitrogens with zero attached hydrogens (tertiary/aromatic N) is 2. The van der Waals surface area contributed by atoms with Gasteiger partial charge in [-0.05, 0) is 12.5 Å². The second-order valence-electron chi connectivity index (χ2n) is 6.12. The zero-order valence-corrected chi connectivity index (χ0v) is 13.2. The molecule has 114 valence electrons. The van der Waals surface area contributed by atoms with Gasteiger partial charge in [-0.1, -0.05) is 27.7 Å². The van der Waals surface area contributed by atoms with E-state index in [1.165, 1.54) is 0 Å². The van der Waals surface area contributed by atoms with Crippen molar-refractivity contribution in [2.75, 3.05) is 17.2 Å². The van der Waals surface area contributed by atoms with Crippen LogP contribution in [0.1, 0.15) is 45.5 Å². The average molecular weight is 288 g/mol. The van der Waals surface area contributed by atoms with Crippen molar-refractivity contribution in [1.82, 2.24) is 9.97 Å². The minimum Gasteiger partial charge on any atom is -0.472 e. The molecule has 0 saturated carbocycles. The monoisotopic (exact) mass is 288 g/mol. The first-order chi connectivity index (χ1) is 9.99. The molecule has 0 radical (unpaired) electrons. The van der Waals surface area contributed by atoms with Crippen LogP contribution in [0.5, 0.6) is 0 Å². The van der Waals surface area contributed by atoms with Crippen LogP contribution in [0.15, 0.2) is 29.1 Å². The highest BCUT2D eigenvalue weighted by Gasteiger charge is 2.19. The summed E-state index contributed by atoms with van der Waals surface area (Å²) in [4.78, 5) is 9.23. The van der Waals surface area contributed by atoms with E-state index in [0.29, 0.717) is 6.54 Å². The minimum atomic E-state index is -0.0873. The predicted octanol–water partition coefficient (Wildman–Crippen LogP) is 3.80. The van der Waals surface area contributed by atoms with E-state index in [0.717, 1.165) is 36.0 Å². The molecular formula is C16H24N4O. The molecule has 0 aliphatic carbocycles. The highest BCUT2D eigenvalue weighted by Crippen LogP contribution is 2.22. The van der Waals surface area contributed by atoms with Crippen molar-refractivity contribution in [1.29, 1.82) is 0 Å². The quantitative estimate of drug-likeness (QED) is 0.846. The molecule has 2 heterocycles. The number of hydrogen-bond acceptors (Lipinski definition) is 5. The fraction of sp³-hybridized carbons (Fsp3) is 0.500. The molecule has 0 unspecified atom stereocenters. The van der Waals surface area contributed by atoms with Crippen molar-refractivity contribution in [3.63, 3.8) is 0 Å². The number of aromatic nitrogens is 2. The van der Waals surface area contributed by atoms with Gasteiger partial charge in [0.05, 0.1) is 12.5 Å². The second-order valence-corrected chi connectivity index (χ2v) is 6.12. The lowest BCUT2D eigenvalue weighted by Crippen LogP contribution is -2.18. The molecule has 5 heteroatoms. The summed E-state index contributed by atoms with van der Waals surface area (Å²) in [5.74, 6) is 2.53. The predicted molar refractivity (Wildman–Crippen MR) is 85.5 cm³/mol. The van der Waals surface area contributed by atoms with Crippen LogP contribution in [0.2, 0.25) is 0 Å². The maximum Gasteiger partial charge on any atom is 0.138 e. The summed E-state index contributed by atoms with van der Waals surface area (Å²) >= 11 is 0.